The Kier molecular flexibility index (Phi) is 6.11. The normalized spacial score (nSPS) is 14.9. The van der Waals surface area contributed by atoms with E-state index in [1.54, 1.807) is 24.3 Å². The number of sulfonamides is 1. The van der Waals surface area contributed by atoms with Crippen molar-refractivity contribution in [1.82, 2.24) is 5.32 Å². The second-order valence-corrected chi connectivity index (χ2v) is 9.42. The van der Waals surface area contributed by atoms with Gasteiger partial charge in [-0.15, -0.1) is 0 Å². The number of benzene rings is 2. The highest BCUT2D eigenvalue weighted by molar-refractivity contribution is 7.89. The predicted octanol–water partition coefficient (Wildman–Crippen LogP) is 1.32. The molecule has 2 aromatic rings. The van der Waals surface area contributed by atoms with E-state index in [0.717, 1.165) is 11.3 Å². The van der Waals surface area contributed by atoms with E-state index in [4.69, 9.17) is 5.14 Å². The smallest absolute Gasteiger partial charge is 0.251 e. The molecule has 9 nitrogen and oxygen atoms in total. The van der Waals surface area contributed by atoms with Crippen LogP contribution in [-0.2, 0) is 10.0 Å². The number of carbonyl (C=O) groups excluding carboxylic acids is 1. The van der Waals surface area contributed by atoms with Crippen LogP contribution in [0.5, 0.6) is 0 Å². The maximum atomic E-state index is 12.5. The summed E-state index contributed by atoms with van der Waals surface area (Å²) in [5.41, 5.74) is 5.97. The van der Waals surface area contributed by atoms with Gasteiger partial charge in [0.25, 0.3) is 5.91 Å². The number of nitrogens with one attached hydrogen (secondary N) is 3. The van der Waals surface area contributed by atoms with Crippen molar-refractivity contribution in [3.05, 3.63) is 53.6 Å². The van der Waals surface area contributed by atoms with Gasteiger partial charge in [0.2, 0.25) is 10.0 Å². The molecule has 1 aliphatic heterocycles. The summed E-state index contributed by atoms with van der Waals surface area (Å²) >= 11 is 0. The summed E-state index contributed by atoms with van der Waals surface area (Å²) in [6.07, 6.45) is 0. The SMILES string of the molecule is CC(C)(CO)CNC(=O)c1ccc2c(c1)C(=NNc1ccc(S(N)(=O)=O)cc1)CN2. The fourth-order valence-electron chi connectivity index (χ4n) is 2.78. The summed E-state index contributed by atoms with van der Waals surface area (Å²) in [6, 6.07) is 11.3. The van der Waals surface area contributed by atoms with Crippen molar-refractivity contribution in [1.29, 1.82) is 0 Å². The molecule has 3 rings (SSSR count). The molecule has 160 valence electrons. The Balaban J connectivity index is 1.73. The second-order valence-electron chi connectivity index (χ2n) is 7.86. The molecule has 0 saturated carbocycles. The Morgan fingerprint density at radius 1 is 1.23 bits per heavy atom. The highest BCUT2D eigenvalue weighted by atomic mass is 32.2. The van der Waals surface area contributed by atoms with Crippen LogP contribution in [0.15, 0.2) is 52.5 Å². The van der Waals surface area contributed by atoms with Crippen molar-refractivity contribution in [2.45, 2.75) is 18.7 Å². The van der Waals surface area contributed by atoms with Crippen molar-refractivity contribution in [2.24, 2.45) is 15.7 Å². The first-order valence-electron chi connectivity index (χ1n) is 9.32. The zero-order valence-electron chi connectivity index (χ0n) is 16.8. The van der Waals surface area contributed by atoms with Crippen molar-refractivity contribution in [2.75, 3.05) is 30.4 Å². The standard InChI is InChI=1S/C20H25N5O4S/c1-20(2,12-26)11-23-19(27)13-3-8-17-16(9-13)18(10-22-17)25-24-14-4-6-15(7-5-14)30(21,28)29/h3-9,22,24,26H,10-12H2,1-2H3,(H,23,27)(H2,21,28,29). The van der Waals surface area contributed by atoms with Gasteiger partial charge in [-0.1, -0.05) is 13.8 Å². The highest BCUT2D eigenvalue weighted by Crippen LogP contribution is 2.24. The number of amides is 1. The lowest BCUT2D eigenvalue weighted by molar-refractivity contribution is 0.0911. The summed E-state index contributed by atoms with van der Waals surface area (Å²) in [4.78, 5) is 12.5. The Labute approximate surface area is 175 Å². The second kappa shape index (κ2) is 8.42. The largest absolute Gasteiger partial charge is 0.396 e. The third-order valence-corrected chi connectivity index (χ3v) is 5.63. The zero-order chi connectivity index (χ0) is 21.9. The Hall–Kier alpha value is -2.95. The van der Waals surface area contributed by atoms with Crippen molar-refractivity contribution in [3.8, 4) is 0 Å². The molecular weight excluding hydrogens is 406 g/mol. The number of hydrogen-bond acceptors (Lipinski definition) is 7. The van der Waals surface area contributed by atoms with E-state index in [0.29, 0.717) is 30.1 Å². The third-order valence-electron chi connectivity index (χ3n) is 4.70. The van der Waals surface area contributed by atoms with Gasteiger partial charge in [0.1, 0.15) is 0 Å². The first-order chi connectivity index (χ1) is 14.1. The van der Waals surface area contributed by atoms with Gasteiger partial charge in [0.05, 0.1) is 22.8 Å². The van der Waals surface area contributed by atoms with Crippen molar-refractivity contribution < 1.29 is 18.3 Å². The van der Waals surface area contributed by atoms with Gasteiger partial charge in [-0.05, 0) is 42.5 Å². The number of nitrogens with zero attached hydrogens (tertiary/aromatic N) is 1. The molecule has 1 aliphatic rings. The van der Waals surface area contributed by atoms with Gasteiger partial charge in [-0.3, -0.25) is 10.2 Å². The number of anilines is 2. The number of fused-ring (bicyclic) bond motifs is 1. The quantitative estimate of drug-likeness (QED) is 0.418. The van der Waals surface area contributed by atoms with E-state index in [2.05, 4.69) is 21.2 Å². The van der Waals surface area contributed by atoms with E-state index in [9.17, 15) is 18.3 Å². The molecule has 0 aliphatic carbocycles. The molecule has 0 saturated heterocycles. The number of aliphatic hydroxyl groups is 1. The Bertz CT molecular complexity index is 1080. The molecule has 2 aromatic carbocycles. The van der Waals surface area contributed by atoms with Crippen molar-refractivity contribution >= 4 is 33.0 Å². The first kappa shape index (κ1) is 21.8. The van der Waals surface area contributed by atoms with Gasteiger partial charge in [-0.25, -0.2) is 13.6 Å². The summed E-state index contributed by atoms with van der Waals surface area (Å²) in [5, 5.41) is 24.9. The summed E-state index contributed by atoms with van der Waals surface area (Å²) in [5.74, 6) is -0.225. The van der Waals surface area contributed by atoms with E-state index < -0.39 is 15.4 Å². The zero-order valence-corrected chi connectivity index (χ0v) is 17.6. The van der Waals surface area contributed by atoms with E-state index in [1.165, 1.54) is 12.1 Å². The van der Waals surface area contributed by atoms with Crippen LogP contribution in [0.2, 0.25) is 0 Å². The van der Waals surface area contributed by atoms with Crippen LogP contribution in [0.25, 0.3) is 0 Å². The Morgan fingerprint density at radius 2 is 1.93 bits per heavy atom. The number of hydrazone groups is 1. The average Bonchev–Trinajstić information content (AvgIpc) is 3.12. The minimum atomic E-state index is -3.74. The van der Waals surface area contributed by atoms with Crippen LogP contribution in [-0.4, -0.2) is 44.8 Å². The first-order valence-corrected chi connectivity index (χ1v) is 10.9. The van der Waals surface area contributed by atoms with Crippen LogP contribution in [0.1, 0.15) is 29.8 Å². The maximum Gasteiger partial charge on any atom is 0.251 e. The number of rotatable bonds is 7. The fraction of sp³-hybridized carbons (Fsp3) is 0.300. The number of primary sulfonamides is 1. The molecule has 0 fully saturated rings. The van der Waals surface area contributed by atoms with Gasteiger partial charge in [0, 0.05) is 35.4 Å². The topological polar surface area (TPSA) is 146 Å². The van der Waals surface area contributed by atoms with E-state index in [1.807, 2.05) is 19.9 Å². The van der Waals surface area contributed by atoms with Gasteiger partial charge in [0.15, 0.2) is 0 Å². The molecule has 0 atom stereocenters. The molecule has 1 amide bonds. The maximum absolute atomic E-state index is 12.5. The lowest BCUT2D eigenvalue weighted by Gasteiger charge is -2.21. The Morgan fingerprint density at radius 3 is 2.57 bits per heavy atom. The van der Waals surface area contributed by atoms with Crippen LogP contribution in [0, 0.1) is 5.41 Å². The molecule has 0 spiro atoms. The molecule has 1 heterocycles. The molecular formula is C20H25N5O4S. The van der Waals surface area contributed by atoms with Crippen LogP contribution >= 0.6 is 0 Å². The minimum absolute atomic E-state index is 0.0219. The van der Waals surface area contributed by atoms with Crippen LogP contribution in [0.3, 0.4) is 0 Å². The molecule has 0 radical (unpaired) electrons. The fourth-order valence-corrected chi connectivity index (χ4v) is 3.30. The van der Waals surface area contributed by atoms with E-state index >= 15 is 0 Å². The van der Waals surface area contributed by atoms with Gasteiger partial charge in [-0.2, -0.15) is 5.10 Å². The molecule has 6 N–H and O–H groups in total. The summed E-state index contributed by atoms with van der Waals surface area (Å²) in [7, 11) is -3.74. The van der Waals surface area contributed by atoms with Gasteiger partial charge >= 0.3 is 0 Å². The molecule has 30 heavy (non-hydrogen) atoms. The van der Waals surface area contributed by atoms with Crippen LogP contribution in [0.4, 0.5) is 11.4 Å². The van der Waals surface area contributed by atoms with Crippen molar-refractivity contribution in [3.63, 3.8) is 0 Å². The van der Waals surface area contributed by atoms with E-state index in [-0.39, 0.29) is 17.4 Å². The monoisotopic (exact) mass is 431 g/mol. The van der Waals surface area contributed by atoms with Gasteiger partial charge < -0.3 is 15.7 Å². The average molecular weight is 432 g/mol. The minimum Gasteiger partial charge on any atom is -0.396 e. The number of hydrogen-bond donors (Lipinski definition) is 5. The lowest BCUT2D eigenvalue weighted by Crippen LogP contribution is -2.36. The molecule has 10 heteroatoms. The number of carbonyl (C=O) groups is 1. The molecule has 0 aromatic heterocycles. The summed E-state index contributed by atoms with van der Waals surface area (Å²) < 4.78 is 22.7. The number of nitrogens with two attached hydrogens (primary N) is 1. The highest BCUT2D eigenvalue weighted by Gasteiger charge is 2.21. The molecule has 0 unspecified atom stereocenters. The van der Waals surface area contributed by atoms with Crippen LogP contribution < -0.4 is 21.2 Å². The third kappa shape index (κ3) is 5.15. The lowest BCUT2D eigenvalue weighted by atomic mass is 9.95. The predicted molar refractivity (Wildman–Crippen MR) is 116 cm³/mol. The molecule has 0 bridgehead atoms. The summed E-state index contributed by atoms with van der Waals surface area (Å²) in [6.45, 7) is 4.55. The number of aliphatic hydroxyl groups excluding tert-OH is 1.